The van der Waals surface area contributed by atoms with Crippen LogP contribution >= 0.6 is 11.6 Å². The number of nitrogens with one attached hydrogen (secondary N) is 1. The minimum absolute atomic E-state index is 0.0221. The van der Waals surface area contributed by atoms with Gasteiger partial charge >= 0.3 is 10.1 Å². The molecule has 3 rings (SSSR count). The molecule has 0 bridgehead atoms. The minimum atomic E-state index is -4.01. The number of carbonyl (C=O) groups is 1. The van der Waals surface area contributed by atoms with E-state index in [4.69, 9.17) is 25.3 Å². The zero-order valence-electron chi connectivity index (χ0n) is 16.9. The molecule has 3 aromatic rings. The lowest BCUT2D eigenvalue weighted by atomic mass is 10.2. The first-order chi connectivity index (χ1) is 15.4. The molecule has 1 N–H and O–H groups in total. The predicted molar refractivity (Wildman–Crippen MR) is 120 cm³/mol. The third kappa shape index (κ3) is 6.47. The van der Waals surface area contributed by atoms with Crippen LogP contribution in [0.2, 0.25) is 5.02 Å². The highest BCUT2D eigenvalue weighted by Crippen LogP contribution is 2.30. The molecule has 0 aromatic heterocycles. The van der Waals surface area contributed by atoms with Crippen molar-refractivity contribution in [3.63, 3.8) is 0 Å². The second-order valence-electron chi connectivity index (χ2n) is 6.30. The summed E-state index contributed by atoms with van der Waals surface area (Å²) in [6.45, 7) is -0.230. The maximum absolute atomic E-state index is 12.4. The summed E-state index contributed by atoms with van der Waals surface area (Å²) in [5, 5.41) is 4.42. The molecule has 0 saturated heterocycles. The van der Waals surface area contributed by atoms with Crippen LogP contribution in [0.25, 0.3) is 0 Å². The first-order valence-electron chi connectivity index (χ1n) is 9.25. The quantitative estimate of drug-likeness (QED) is 0.288. The molecular formula is C22H19ClN2O6S. The van der Waals surface area contributed by atoms with E-state index >= 15 is 0 Å². The van der Waals surface area contributed by atoms with Crippen molar-refractivity contribution in [1.29, 1.82) is 0 Å². The molecule has 3 aromatic carbocycles. The van der Waals surface area contributed by atoms with Crippen LogP contribution in [0.1, 0.15) is 5.56 Å². The van der Waals surface area contributed by atoms with Crippen molar-refractivity contribution in [3.8, 4) is 17.2 Å². The number of hydrogen-bond donors (Lipinski definition) is 1. The van der Waals surface area contributed by atoms with Crippen LogP contribution in [0.3, 0.4) is 0 Å². The third-order valence-corrected chi connectivity index (χ3v) is 5.51. The molecule has 0 aliphatic heterocycles. The third-order valence-electron chi connectivity index (χ3n) is 4.01. The van der Waals surface area contributed by atoms with Crippen molar-refractivity contribution in [1.82, 2.24) is 5.43 Å². The van der Waals surface area contributed by atoms with Gasteiger partial charge in [0.05, 0.1) is 13.3 Å². The molecule has 8 nitrogen and oxygen atoms in total. The Morgan fingerprint density at radius 1 is 1.03 bits per heavy atom. The summed E-state index contributed by atoms with van der Waals surface area (Å²) < 4.78 is 40.6. The lowest BCUT2D eigenvalue weighted by Gasteiger charge is -2.11. The molecule has 0 fully saturated rings. The molecule has 0 heterocycles. The van der Waals surface area contributed by atoms with E-state index in [-0.39, 0.29) is 23.0 Å². The summed E-state index contributed by atoms with van der Waals surface area (Å²) in [6, 6.07) is 18.9. The average Bonchev–Trinajstić information content (AvgIpc) is 2.80. The first kappa shape index (κ1) is 23.1. The van der Waals surface area contributed by atoms with Crippen LogP contribution in [-0.4, -0.2) is 34.3 Å². The highest BCUT2D eigenvalue weighted by Gasteiger charge is 2.18. The zero-order valence-corrected chi connectivity index (χ0v) is 18.5. The molecule has 1 amide bonds. The maximum atomic E-state index is 12.4. The number of nitrogens with zero attached hydrogens (tertiary/aromatic N) is 1. The van der Waals surface area contributed by atoms with Gasteiger partial charge < -0.3 is 13.7 Å². The van der Waals surface area contributed by atoms with Gasteiger partial charge in [-0.1, -0.05) is 29.8 Å². The van der Waals surface area contributed by atoms with Crippen molar-refractivity contribution in [2.75, 3.05) is 13.7 Å². The summed E-state index contributed by atoms with van der Waals surface area (Å²) in [7, 11) is -2.63. The van der Waals surface area contributed by atoms with Crippen LogP contribution in [-0.2, 0) is 14.9 Å². The molecule has 0 aliphatic carbocycles. The Balaban J connectivity index is 1.59. The zero-order chi connectivity index (χ0) is 23.0. The van der Waals surface area contributed by atoms with E-state index in [1.165, 1.54) is 37.6 Å². The van der Waals surface area contributed by atoms with Crippen LogP contribution in [0, 0.1) is 0 Å². The highest BCUT2D eigenvalue weighted by atomic mass is 35.5. The van der Waals surface area contributed by atoms with Crippen LogP contribution in [0.4, 0.5) is 0 Å². The molecule has 0 saturated carbocycles. The Kier molecular flexibility index (Phi) is 7.69. The molecule has 0 spiro atoms. The standard InChI is InChI=1S/C22H19ClN2O6S/c1-29-21-13-16(7-12-20(21)31-32(27,28)19-5-3-2-4-6-19)14-24-25-22(26)15-30-18-10-8-17(23)9-11-18/h2-14H,15H2,1H3,(H,25,26)/b24-14-. The van der Waals surface area contributed by atoms with Gasteiger partial charge in [0.1, 0.15) is 10.6 Å². The predicted octanol–water partition coefficient (Wildman–Crippen LogP) is 3.65. The molecular weight excluding hydrogens is 456 g/mol. The summed E-state index contributed by atoms with van der Waals surface area (Å²) in [4.78, 5) is 11.9. The van der Waals surface area contributed by atoms with Gasteiger partial charge in [0.15, 0.2) is 18.1 Å². The molecule has 0 radical (unpaired) electrons. The average molecular weight is 475 g/mol. The van der Waals surface area contributed by atoms with E-state index in [2.05, 4.69) is 10.5 Å². The minimum Gasteiger partial charge on any atom is -0.493 e. The van der Waals surface area contributed by atoms with Crippen LogP contribution in [0.5, 0.6) is 17.2 Å². The smallest absolute Gasteiger partial charge is 0.339 e. The first-order valence-corrected chi connectivity index (χ1v) is 11.0. The highest BCUT2D eigenvalue weighted by molar-refractivity contribution is 7.87. The Morgan fingerprint density at radius 2 is 1.75 bits per heavy atom. The number of methoxy groups -OCH3 is 1. The maximum Gasteiger partial charge on any atom is 0.339 e. The summed E-state index contributed by atoms with van der Waals surface area (Å²) in [5.41, 5.74) is 2.88. The van der Waals surface area contributed by atoms with E-state index in [9.17, 15) is 13.2 Å². The number of benzene rings is 3. The summed E-state index contributed by atoms with van der Waals surface area (Å²) in [5.74, 6) is 0.246. The number of halogens is 1. The van der Waals surface area contributed by atoms with Crippen LogP contribution in [0.15, 0.2) is 82.8 Å². The molecule has 0 unspecified atom stereocenters. The molecule has 166 valence electrons. The fraction of sp³-hybridized carbons (Fsp3) is 0.0909. The lowest BCUT2D eigenvalue weighted by Crippen LogP contribution is -2.24. The molecule has 32 heavy (non-hydrogen) atoms. The van der Waals surface area contributed by atoms with E-state index < -0.39 is 16.0 Å². The fourth-order valence-corrected chi connectivity index (χ4v) is 3.56. The van der Waals surface area contributed by atoms with Crippen molar-refractivity contribution < 1.29 is 26.9 Å². The van der Waals surface area contributed by atoms with Gasteiger partial charge in [0.2, 0.25) is 0 Å². The van der Waals surface area contributed by atoms with Crippen LogP contribution < -0.4 is 19.1 Å². The Labute approximate surface area is 190 Å². The monoisotopic (exact) mass is 474 g/mol. The normalized spacial score (nSPS) is 11.2. The van der Waals surface area contributed by atoms with Crippen molar-refractivity contribution in [2.45, 2.75) is 4.90 Å². The van der Waals surface area contributed by atoms with Crippen molar-refractivity contribution in [3.05, 3.63) is 83.4 Å². The second-order valence-corrected chi connectivity index (χ2v) is 8.28. The largest absolute Gasteiger partial charge is 0.493 e. The molecule has 0 aliphatic rings. The Morgan fingerprint density at radius 3 is 2.44 bits per heavy atom. The van der Waals surface area contributed by atoms with Gasteiger partial charge in [-0.2, -0.15) is 13.5 Å². The molecule has 10 heteroatoms. The van der Waals surface area contributed by atoms with E-state index in [1.54, 1.807) is 48.5 Å². The summed E-state index contributed by atoms with van der Waals surface area (Å²) >= 11 is 5.79. The lowest BCUT2D eigenvalue weighted by molar-refractivity contribution is -0.123. The number of ether oxygens (including phenoxy) is 2. The fourth-order valence-electron chi connectivity index (χ4n) is 2.48. The Hall–Kier alpha value is -3.56. The van der Waals surface area contributed by atoms with Crippen molar-refractivity contribution >= 4 is 33.8 Å². The van der Waals surface area contributed by atoms with Crippen molar-refractivity contribution in [2.24, 2.45) is 5.10 Å². The van der Waals surface area contributed by atoms with Gasteiger partial charge in [-0.15, -0.1) is 0 Å². The number of hydrazone groups is 1. The molecule has 0 atom stereocenters. The Bertz CT molecular complexity index is 1200. The summed E-state index contributed by atoms with van der Waals surface area (Å²) in [6.07, 6.45) is 1.37. The van der Waals surface area contributed by atoms with E-state index in [0.29, 0.717) is 16.3 Å². The van der Waals surface area contributed by atoms with Gasteiger partial charge in [-0.25, -0.2) is 5.43 Å². The topological polar surface area (TPSA) is 103 Å². The SMILES string of the molecule is COc1cc(/C=N\NC(=O)COc2ccc(Cl)cc2)ccc1OS(=O)(=O)c1ccccc1. The second kappa shape index (κ2) is 10.7. The van der Waals surface area contributed by atoms with E-state index in [1.807, 2.05) is 0 Å². The number of amides is 1. The number of hydrogen-bond acceptors (Lipinski definition) is 7. The number of carbonyl (C=O) groups excluding carboxylic acids is 1. The number of rotatable bonds is 9. The van der Waals surface area contributed by atoms with Gasteiger partial charge in [0, 0.05) is 5.02 Å². The van der Waals surface area contributed by atoms with E-state index in [0.717, 1.165) is 0 Å². The van der Waals surface area contributed by atoms with Gasteiger partial charge in [-0.3, -0.25) is 4.79 Å². The van der Waals surface area contributed by atoms with Gasteiger partial charge in [0.25, 0.3) is 5.91 Å². The van der Waals surface area contributed by atoms with Gasteiger partial charge in [-0.05, 0) is 60.2 Å².